The second kappa shape index (κ2) is 8.23. The van der Waals surface area contributed by atoms with Gasteiger partial charge in [-0.15, -0.1) is 0 Å². The highest BCUT2D eigenvalue weighted by Gasteiger charge is 2.22. The van der Waals surface area contributed by atoms with E-state index in [0.717, 1.165) is 29.7 Å². The van der Waals surface area contributed by atoms with Gasteiger partial charge in [-0.1, -0.05) is 17.4 Å². The molecule has 1 N–H and O–H groups in total. The number of rotatable bonds is 6. The van der Waals surface area contributed by atoms with Gasteiger partial charge in [-0.25, -0.2) is 13.1 Å². The number of ether oxygens (including phenoxy) is 2. The molecule has 3 aromatic rings. The van der Waals surface area contributed by atoms with Gasteiger partial charge in [-0.3, -0.25) is 14.2 Å². The van der Waals surface area contributed by atoms with Gasteiger partial charge in [0, 0.05) is 19.6 Å². The summed E-state index contributed by atoms with van der Waals surface area (Å²) in [5.41, 5.74) is 1.29. The number of aromatic nitrogens is 1. The number of benzene rings is 2. The average Bonchev–Trinajstić information content (AvgIpc) is 3.52. The fraction of sp³-hybridized carbons (Fsp3) is 0.333. The molecular formula is C21H21N3O6S2. The van der Waals surface area contributed by atoms with E-state index in [1.54, 1.807) is 29.2 Å². The van der Waals surface area contributed by atoms with Crippen LogP contribution in [0.25, 0.3) is 10.2 Å². The van der Waals surface area contributed by atoms with Crippen molar-refractivity contribution in [2.45, 2.75) is 30.8 Å². The lowest BCUT2D eigenvalue weighted by atomic mass is 10.2. The standard InChI is InChI=1S/C21H21N3O6S2/c25-20(23-7-1-2-8-23)12-24-16-5-4-15(10-19(16)31-21(24)26)32(27,28)22-11-14-3-6-17-18(9-14)30-13-29-17/h3-6,9-10,22H,1-2,7-8,11-13H2. The van der Waals surface area contributed by atoms with Crippen LogP contribution >= 0.6 is 11.3 Å². The van der Waals surface area contributed by atoms with E-state index in [2.05, 4.69) is 4.72 Å². The first-order valence-corrected chi connectivity index (χ1v) is 12.5. The van der Waals surface area contributed by atoms with E-state index in [4.69, 9.17) is 9.47 Å². The topological polar surface area (TPSA) is 107 Å². The number of sulfonamides is 1. The molecule has 1 aromatic heterocycles. The molecule has 0 radical (unpaired) electrons. The number of hydrogen-bond acceptors (Lipinski definition) is 7. The molecule has 9 nitrogen and oxygen atoms in total. The fourth-order valence-corrected chi connectivity index (χ4v) is 5.93. The van der Waals surface area contributed by atoms with Crippen LogP contribution in [0.2, 0.25) is 0 Å². The molecule has 11 heteroatoms. The van der Waals surface area contributed by atoms with Crippen LogP contribution in [0.5, 0.6) is 11.5 Å². The van der Waals surface area contributed by atoms with Crippen molar-refractivity contribution in [3.63, 3.8) is 0 Å². The molecule has 0 unspecified atom stereocenters. The number of amides is 1. The summed E-state index contributed by atoms with van der Waals surface area (Å²) in [4.78, 5) is 26.5. The first-order chi connectivity index (χ1) is 15.4. The van der Waals surface area contributed by atoms with E-state index >= 15 is 0 Å². The number of nitrogens with one attached hydrogen (secondary N) is 1. The van der Waals surface area contributed by atoms with Crippen molar-refractivity contribution in [3.8, 4) is 11.5 Å². The van der Waals surface area contributed by atoms with E-state index in [9.17, 15) is 18.0 Å². The SMILES string of the molecule is O=C(Cn1c(=O)sc2cc(S(=O)(=O)NCc3ccc4c(c3)OCO4)ccc21)N1CCCC1. The molecule has 3 heterocycles. The van der Waals surface area contributed by atoms with Crippen molar-refractivity contribution in [1.29, 1.82) is 0 Å². The van der Waals surface area contributed by atoms with Crippen LogP contribution in [0.1, 0.15) is 18.4 Å². The summed E-state index contributed by atoms with van der Waals surface area (Å²) in [7, 11) is -3.81. The maximum Gasteiger partial charge on any atom is 0.308 e. The van der Waals surface area contributed by atoms with E-state index < -0.39 is 10.0 Å². The van der Waals surface area contributed by atoms with E-state index in [-0.39, 0.29) is 35.6 Å². The van der Waals surface area contributed by atoms with Gasteiger partial charge in [-0.05, 0) is 48.7 Å². The van der Waals surface area contributed by atoms with Gasteiger partial charge < -0.3 is 14.4 Å². The summed E-state index contributed by atoms with van der Waals surface area (Å²) in [6, 6.07) is 9.74. The third kappa shape index (κ3) is 3.98. The van der Waals surface area contributed by atoms with Crippen molar-refractivity contribution >= 4 is 37.5 Å². The molecule has 32 heavy (non-hydrogen) atoms. The van der Waals surface area contributed by atoms with Crippen molar-refractivity contribution in [1.82, 2.24) is 14.2 Å². The number of carbonyl (C=O) groups excluding carboxylic acids is 1. The minimum Gasteiger partial charge on any atom is -0.454 e. The number of fused-ring (bicyclic) bond motifs is 2. The number of carbonyl (C=O) groups is 1. The summed E-state index contributed by atoms with van der Waals surface area (Å²) < 4.78 is 40.7. The molecule has 0 atom stereocenters. The summed E-state index contributed by atoms with van der Waals surface area (Å²) in [5, 5.41) is 0. The number of nitrogens with zero attached hydrogens (tertiary/aromatic N) is 2. The Hall–Kier alpha value is -2.89. The lowest BCUT2D eigenvalue weighted by Crippen LogP contribution is -2.33. The quantitative estimate of drug-likeness (QED) is 0.584. The molecule has 5 rings (SSSR count). The second-order valence-electron chi connectivity index (χ2n) is 7.68. The van der Waals surface area contributed by atoms with Crippen LogP contribution in [0.15, 0.2) is 46.1 Å². The van der Waals surface area contributed by atoms with Gasteiger partial charge in [0.05, 0.1) is 15.1 Å². The van der Waals surface area contributed by atoms with Crippen LogP contribution in [0.4, 0.5) is 0 Å². The highest BCUT2D eigenvalue weighted by Crippen LogP contribution is 2.32. The normalized spacial score (nSPS) is 15.6. The Kier molecular flexibility index (Phi) is 5.39. The first kappa shape index (κ1) is 21.0. The molecule has 168 valence electrons. The van der Waals surface area contributed by atoms with Gasteiger partial charge in [0.2, 0.25) is 22.7 Å². The lowest BCUT2D eigenvalue weighted by Gasteiger charge is -2.15. The van der Waals surface area contributed by atoms with Gasteiger partial charge in [0.1, 0.15) is 6.54 Å². The van der Waals surface area contributed by atoms with Gasteiger partial charge in [0.25, 0.3) is 0 Å². The Morgan fingerprint density at radius 3 is 2.66 bits per heavy atom. The van der Waals surface area contributed by atoms with Crippen molar-refractivity contribution in [2.24, 2.45) is 0 Å². The third-order valence-corrected chi connectivity index (χ3v) is 7.95. The smallest absolute Gasteiger partial charge is 0.308 e. The zero-order valence-electron chi connectivity index (χ0n) is 17.1. The highest BCUT2D eigenvalue weighted by molar-refractivity contribution is 7.89. The molecule has 2 aliphatic rings. The summed E-state index contributed by atoms with van der Waals surface area (Å²) in [6.07, 6.45) is 1.96. The molecule has 1 amide bonds. The molecule has 0 saturated carbocycles. The molecule has 0 spiro atoms. The van der Waals surface area contributed by atoms with Crippen LogP contribution in [-0.4, -0.2) is 43.7 Å². The Labute approximate surface area is 188 Å². The van der Waals surface area contributed by atoms with Gasteiger partial charge >= 0.3 is 4.87 Å². The summed E-state index contributed by atoms with van der Waals surface area (Å²) in [5.74, 6) is 1.12. The Morgan fingerprint density at radius 1 is 1.06 bits per heavy atom. The number of thiazole rings is 1. The predicted molar refractivity (Wildman–Crippen MR) is 118 cm³/mol. The van der Waals surface area contributed by atoms with Gasteiger partial charge in [0.15, 0.2) is 11.5 Å². The third-order valence-electron chi connectivity index (χ3n) is 5.61. The van der Waals surface area contributed by atoms with Crippen LogP contribution < -0.4 is 19.1 Å². The molecule has 2 aliphatic heterocycles. The second-order valence-corrected chi connectivity index (χ2v) is 10.4. The number of hydrogen-bond donors (Lipinski definition) is 1. The number of likely N-dealkylation sites (tertiary alicyclic amines) is 1. The summed E-state index contributed by atoms with van der Waals surface area (Å²) >= 11 is 0.936. The fourth-order valence-electron chi connectivity index (χ4n) is 3.88. The zero-order valence-corrected chi connectivity index (χ0v) is 18.7. The zero-order chi connectivity index (χ0) is 22.3. The van der Waals surface area contributed by atoms with Crippen LogP contribution in [-0.2, 0) is 27.9 Å². The van der Waals surface area contributed by atoms with E-state index in [1.165, 1.54) is 16.7 Å². The highest BCUT2D eigenvalue weighted by atomic mass is 32.2. The van der Waals surface area contributed by atoms with E-state index in [1.807, 2.05) is 0 Å². The van der Waals surface area contributed by atoms with Crippen molar-refractivity contribution in [2.75, 3.05) is 19.9 Å². The Balaban J connectivity index is 1.34. The Bertz CT molecular complexity index is 1360. The molecule has 0 bridgehead atoms. The van der Waals surface area contributed by atoms with E-state index in [0.29, 0.717) is 34.8 Å². The monoisotopic (exact) mass is 475 g/mol. The maximum absolute atomic E-state index is 12.8. The van der Waals surface area contributed by atoms with Crippen molar-refractivity contribution in [3.05, 3.63) is 51.6 Å². The minimum absolute atomic E-state index is 0.0344. The largest absolute Gasteiger partial charge is 0.454 e. The van der Waals surface area contributed by atoms with Gasteiger partial charge in [-0.2, -0.15) is 0 Å². The lowest BCUT2D eigenvalue weighted by molar-refractivity contribution is -0.130. The van der Waals surface area contributed by atoms with Crippen LogP contribution in [0.3, 0.4) is 0 Å². The van der Waals surface area contributed by atoms with Crippen molar-refractivity contribution < 1.29 is 22.7 Å². The molecule has 1 saturated heterocycles. The minimum atomic E-state index is -3.81. The average molecular weight is 476 g/mol. The molecule has 0 aliphatic carbocycles. The predicted octanol–water partition coefficient (Wildman–Crippen LogP) is 1.89. The summed E-state index contributed by atoms with van der Waals surface area (Å²) in [6.45, 7) is 1.63. The first-order valence-electron chi connectivity index (χ1n) is 10.2. The molecule has 1 fully saturated rings. The maximum atomic E-state index is 12.8. The molecular weight excluding hydrogens is 454 g/mol. The Morgan fingerprint density at radius 2 is 1.84 bits per heavy atom. The van der Waals surface area contributed by atoms with Crippen LogP contribution in [0, 0.1) is 0 Å². The molecule has 2 aromatic carbocycles.